The molecular formula is C17H28N2S. The van der Waals surface area contributed by atoms with Gasteiger partial charge in [-0.05, 0) is 60.4 Å². The van der Waals surface area contributed by atoms with E-state index in [1.807, 2.05) is 11.3 Å². The normalized spacial score (nSPS) is 26.8. The molecule has 0 aromatic carbocycles. The lowest BCUT2D eigenvalue weighted by molar-refractivity contribution is 0.0630. The maximum Gasteiger partial charge on any atom is 0.0304 e. The molecule has 1 aromatic heterocycles. The lowest BCUT2D eigenvalue weighted by Gasteiger charge is -2.48. The number of nitrogens with one attached hydrogen (secondary N) is 1. The number of hydrogen-bond donors (Lipinski definition) is 1. The molecule has 3 heteroatoms. The first kappa shape index (κ1) is 14.6. The summed E-state index contributed by atoms with van der Waals surface area (Å²) in [7, 11) is 0. The van der Waals surface area contributed by atoms with Crippen LogP contribution in [-0.4, -0.2) is 36.1 Å². The maximum absolute atomic E-state index is 3.89. The topological polar surface area (TPSA) is 15.3 Å². The van der Waals surface area contributed by atoms with Crippen LogP contribution in [0.5, 0.6) is 0 Å². The maximum atomic E-state index is 3.89. The van der Waals surface area contributed by atoms with Crippen molar-refractivity contribution in [3.63, 3.8) is 0 Å². The summed E-state index contributed by atoms with van der Waals surface area (Å²) in [5, 5.41) is 8.40. The van der Waals surface area contributed by atoms with Crippen molar-refractivity contribution >= 4 is 11.3 Å². The first-order valence-corrected chi connectivity index (χ1v) is 9.21. The molecule has 1 aliphatic heterocycles. The molecule has 1 unspecified atom stereocenters. The van der Waals surface area contributed by atoms with Crippen LogP contribution in [0.15, 0.2) is 16.8 Å². The van der Waals surface area contributed by atoms with Gasteiger partial charge in [-0.3, -0.25) is 4.90 Å². The molecule has 1 saturated carbocycles. The van der Waals surface area contributed by atoms with Crippen LogP contribution in [0.1, 0.15) is 45.1 Å². The van der Waals surface area contributed by atoms with E-state index in [1.54, 1.807) is 0 Å². The predicted octanol–water partition coefficient (Wildman–Crippen LogP) is 3.53. The highest BCUT2D eigenvalue weighted by atomic mass is 32.1. The minimum absolute atomic E-state index is 0.361. The third kappa shape index (κ3) is 3.10. The zero-order chi connectivity index (χ0) is 14.0. The SMILES string of the molecule is CCC1(CC)CN(CCc2ccsc2)C(C2CC2)CN1. The van der Waals surface area contributed by atoms with Gasteiger partial charge in [0.2, 0.25) is 0 Å². The van der Waals surface area contributed by atoms with E-state index in [2.05, 4.69) is 40.9 Å². The molecule has 20 heavy (non-hydrogen) atoms. The molecule has 1 aliphatic carbocycles. The molecule has 1 atom stereocenters. The Labute approximate surface area is 127 Å². The molecule has 0 bridgehead atoms. The van der Waals surface area contributed by atoms with Gasteiger partial charge in [-0.15, -0.1) is 0 Å². The predicted molar refractivity (Wildman–Crippen MR) is 87.4 cm³/mol. The standard InChI is InChI=1S/C17H28N2S/c1-3-17(4-2)13-19(9-7-14-8-10-20-12-14)16(11-18-17)15-5-6-15/h8,10,12,15-16,18H,3-7,9,11,13H2,1-2H3. The summed E-state index contributed by atoms with van der Waals surface area (Å²) < 4.78 is 0. The van der Waals surface area contributed by atoms with E-state index in [0.717, 1.165) is 12.0 Å². The van der Waals surface area contributed by atoms with E-state index in [4.69, 9.17) is 0 Å². The Morgan fingerprint density at radius 1 is 1.35 bits per heavy atom. The molecule has 0 spiro atoms. The zero-order valence-corrected chi connectivity index (χ0v) is 13.7. The van der Waals surface area contributed by atoms with E-state index < -0.39 is 0 Å². The number of rotatable bonds is 6. The van der Waals surface area contributed by atoms with Crippen LogP contribution >= 0.6 is 11.3 Å². The summed E-state index contributed by atoms with van der Waals surface area (Å²) >= 11 is 1.82. The molecule has 1 saturated heterocycles. The smallest absolute Gasteiger partial charge is 0.0304 e. The largest absolute Gasteiger partial charge is 0.308 e. The second-order valence-corrected chi connectivity index (χ2v) is 7.41. The number of piperazine rings is 1. The van der Waals surface area contributed by atoms with Crippen LogP contribution < -0.4 is 5.32 Å². The summed E-state index contributed by atoms with van der Waals surface area (Å²) in [4.78, 5) is 2.80. The van der Waals surface area contributed by atoms with Crippen LogP contribution in [0.4, 0.5) is 0 Å². The monoisotopic (exact) mass is 292 g/mol. The molecule has 1 N–H and O–H groups in total. The fourth-order valence-corrected chi connectivity index (χ4v) is 4.34. The van der Waals surface area contributed by atoms with Crippen molar-refractivity contribution < 1.29 is 0 Å². The van der Waals surface area contributed by atoms with E-state index in [9.17, 15) is 0 Å². The van der Waals surface area contributed by atoms with Gasteiger partial charge in [-0.25, -0.2) is 0 Å². The Hall–Kier alpha value is -0.380. The van der Waals surface area contributed by atoms with Gasteiger partial charge >= 0.3 is 0 Å². The summed E-state index contributed by atoms with van der Waals surface area (Å²) in [6.45, 7) is 8.36. The van der Waals surface area contributed by atoms with Crippen LogP contribution in [0.25, 0.3) is 0 Å². The number of nitrogens with zero attached hydrogens (tertiary/aromatic N) is 1. The highest BCUT2D eigenvalue weighted by Crippen LogP contribution is 2.38. The van der Waals surface area contributed by atoms with Gasteiger partial charge in [0, 0.05) is 31.2 Å². The van der Waals surface area contributed by atoms with Crippen molar-refractivity contribution in [2.24, 2.45) is 5.92 Å². The molecule has 2 heterocycles. The van der Waals surface area contributed by atoms with Crippen LogP contribution in [0, 0.1) is 5.92 Å². The minimum atomic E-state index is 0.361. The second-order valence-electron chi connectivity index (χ2n) is 6.63. The van der Waals surface area contributed by atoms with E-state index >= 15 is 0 Å². The summed E-state index contributed by atoms with van der Waals surface area (Å²) in [6.07, 6.45) is 6.61. The fraction of sp³-hybridized carbons (Fsp3) is 0.765. The Morgan fingerprint density at radius 2 is 2.15 bits per heavy atom. The van der Waals surface area contributed by atoms with Gasteiger partial charge in [0.1, 0.15) is 0 Å². The zero-order valence-electron chi connectivity index (χ0n) is 12.9. The molecule has 112 valence electrons. The highest BCUT2D eigenvalue weighted by Gasteiger charge is 2.42. The first-order chi connectivity index (χ1) is 9.76. The minimum Gasteiger partial charge on any atom is -0.308 e. The van der Waals surface area contributed by atoms with E-state index in [-0.39, 0.29) is 0 Å². The molecule has 0 amide bonds. The highest BCUT2D eigenvalue weighted by molar-refractivity contribution is 7.07. The summed E-state index contributed by atoms with van der Waals surface area (Å²) in [5.74, 6) is 0.969. The van der Waals surface area contributed by atoms with E-state index in [1.165, 1.54) is 57.3 Å². The van der Waals surface area contributed by atoms with Gasteiger partial charge in [-0.2, -0.15) is 11.3 Å². The van der Waals surface area contributed by atoms with Gasteiger partial charge in [-0.1, -0.05) is 13.8 Å². The van der Waals surface area contributed by atoms with Crippen molar-refractivity contribution in [3.05, 3.63) is 22.4 Å². The van der Waals surface area contributed by atoms with Crippen molar-refractivity contribution in [1.82, 2.24) is 10.2 Å². The molecule has 0 radical (unpaired) electrons. The molecule has 3 rings (SSSR count). The van der Waals surface area contributed by atoms with Gasteiger partial charge < -0.3 is 5.32 Å². The van der Waals surface area contributed by atoms with Crippen molar-refractivity contribution in [2.75, 3.05) is 19.6 Å². The van der Waals surface area contributed by atoms with Crippen molar-refractivity contribution in [2.45, 2.75) is 57.5 Å². The van der Waals surface area contributed by atoms with Crippen LogP contribution in [0.2, 0.25) is 0 Å². The molecule has 1 aromatic rings. The fourth-order valence-electron chi connectivity index (χ4n) is 3.63. The van der Waals surface area contributed by atoms with E-state index in [0.29, 0.717) is 5.54 Å². The Morgan fingerprint density at radius 3 is 2.75 bits per heavy atom. The van der Waals surface area contributed by atoms with Gasteiger partial charge in [0.15, 0.2) is 0 Å². The third-order valence-electron chi connectivity index (χ3n) is 5.45. The lowest BCUT2D eigenvalue weighted by Crippen LogP contribution is -2.64. The van der Waals surface area contributed by atoms with Gasteiger partial charge in [0.25, 0.3) is 0 Å². The quantitative estimate of drug-likeness (QED) is 0.863. The van der Waals surface area contributed by atoms with Gasteiger partial charge in [0.05, 0.1) is 0 Å². The second kappa shape index (κ2) is 6.17. The number of hydrogen-bond acceptors (Lipinski definition) is 3. The molecular weight excluding hydrogens is 264 g/mol. The Bertz CT molecular complexity index is 407. The summed E-state index contributed by atoms with van der Waals surface area (Å²) in [5.41, 5.74) is 1.88. The van der Waals surface area contributed by atoms with Crippen molar-refractivity contribution in [3.8, 4) is 0 Å². The average molecular weight is 292 g/mol. The number of thiophene rings is 1. The van der Waals surface area contributed by atoms with Crippen molar-refractivity contribution in [1.29, 1.82) is 0 Å². The first-order valence-electron chi connectivity index (χ1n) is 8.26. The van der Waals surface area contributed by atoms with Crippen LogP contribution in [-0.2, 0) is 6.42 Å². The Balaban J connectivity index is 1.65. The Kier molecular flexibility index (Phi) is 4.49. The average Bonchev–Trinajstić information content (AvgIpc) is 3.20. The summed E-state index contributed by atoms with van der Waals surface area (Å²) in [6, 6.07) is 3.08. The third-order valence-corrected chi connectivity index (χ3v) is 6.18. The molecule has 2 fully saturated rings. The van der Waals surface area contributed by atoms with Crippen LogP contribution in [0.3, 0.4) is 0 Å². The lowest BCUT2D eigenvalue weighted by atomic mass is 9.87. The molecule has 2 nitrogen and oxygen atoms in total. The molecule has 2 aliphatic rings.